The van der Waals surface area contributed by atoms with Crippen LogP contribution < -0.4 is 11.3 Å². The number of thiophene rings is 1. The molecule has 0 saturated carbocycles. The number of nitrogens with two attached hydrogens (primary N) is 1. The Morgan fingerprint density at radius 2 is 2.06 bits per heavy atom. The molecular weight excluding hydrogens is 228 g/mol. The molecule has 1 atom stereocenters. The van der Waals surface area contributed by atoms with Crippen LogP contribution in [0, 0.1) is 0 Å². The molecule has 1 unspecified atom stereocenters. The lowest BCUT2D eigenvalue weighted by Gasteiger charge is -2.15. The monoisotopic (exact) mass is 254 g/mol. The molecule has 0 aliphatic heterocycles. The van der Waals surface area contributed by atoms with Gasteiger partial charge in [0.25, 0.3) is 0 Å². The molecule has 0 spiro atoms. The average Bonchev–Trinajstić information content (AvgIpc) is 2.86. The first-order valence-electron chi connectivity index (χ1n) is 6.84. The van der Waals surface area contributed by atoms with E-state index in [9.17, 15) is 0 Å². The minimum absolute atomic E-state index is 0.483. The fraction of sp³-hybridized carbons (Fsp3) is 0.714. The second-order valence-corrected chi connectivity index (χ2v) is 5.52. The second kappa shape index (κ2) is 9.63. The van der Waals surface area contributed by atoms with Gasteiger partial charge in [0.15, 0.2) is 0 Å². The summed E-state index contributed by atoms with van der Waals surface area (Å²) in [6.45, 7) is 2.26. The Morgan fingerprint density at radius 1 is 1.24 bits per heavy atom. The van der Waals surface area contributed by atoms with Gasteiger partial charge in [-0.3, -0.25) is 11.3 Å². The number of nitrogens with one attached hydrogen (secondary N) is 1. The molecule has 3 N–H and O–H groups in total. The molecule has 1 heterocycles. The zero-order chi connectivity index (χ0) is 12.3. The van der Waals surface area contributed by atoms with Crippen LogP contribution in [-0.4, -0.2) is 6.04 Å². The van der Waals surface area contributed by atoms with Crippen LogP contribution in [0.2, 0.25) is 0 Å². The van der Waals surface area contributed by atoms with Crippen LogP contribution in [0.15, 0.2) is 16.8 Å². The number of unbranched alkanes of at least 4 members (excludes halogenated alkanes) is 4. The van der Waals surface area contributed by atoms with Gasteiger partial charge in [-0.1, -0.05) is 39.0 Å². The summed E-state index contributed by atoms with van der Waals surface area (Å²) in [7, 11) is 0. The molecule has 3 heteroatoms. The Morgan fingerprint density at radius 3 is 2.71 bits per heavy atom. The Labute approximate surface area is 110 Å². The second-order valence-electron chi connectivity index (χ2n) is 4.74. The van der Waals surface area contributed by atoms with E-state index in [0.717, 1.165) is 12.8 Å². The standard InChI is InChI=1S/C14H26N2S/c1-2-3-4-5-6-7-14(16-15)9-8-13-10-11-17-12-13/h10-12,14,16H,2-9,15H2,1H3. The highest BCUT2D eigenvalue weighted by Crippen LogP contribution is 2.13. The van der Waals surface area contributed by atoms with Crippen molar-refractivity contribution in [3.8, 4) is 0 Å². The van der Waals surface area contributed by atoms with Crippen molar-refractivity contribution in [2.24, 2.45) is 5.84 Å². The van der Waals surface area contributed by atoms with Crippen molar-refractivity contribution in [2.45, 2.75) is 64.3 Å². The molecule has 2 nitrogen and oxygen atoms in total. The molecule has 0 aliphatic rings. The van der Waals surface area contributed by atoms with Crippen molar-refractivity contribution in [1.82, 2.24) is 5.43 Å². The van der Waals surface area contributed by atoms with Crippen molar-refractivity contribution in [3.05, 3.63) is 22.4 Å². The lowest BCUT2D eigenvalue weighted by molar-refractivity contribution is 0.439. The Hall–Kier alpha value is -0.380. The van der Waals surface area contributed by atoms with Crippen LogP contribution >= 0.6 is 11.3 Å². The predicted octanol–water partition coefficient (Wildman–Crippen LogP) is 3.87. The van der Waals surface area contributed by atoms with Gasteiger partial charge in [0.2, 0.25) is 0 Å². The summed E-state index contributed by atoms with van der Waals surface area (Å²) in [6, 6.07) is 2.69. The van der Waals surface area contributed by atoms with Crippen LogP contribution in [0.25, 0.3) is 0 Å². The van der Waals surface area contributed by atoms with Gasteiger partial charge in [0.05, 0.1) is 0 Å². The highest BCUT2D eigenvalue weighted by molar-refractivity contribution is 7.07. The molecule has 0 amide bonds. The number of hydrazine groups is 1. The van der Waals surface area contributed by atoms with Crippen molar-refractivity contribution in [1.29, 1.82) is 0 Å². The molecule has 0 aromatic carbocycles. The zero-order valence-electron chi connectivity index (χ0n) is 11.0. The Balaban J connectivity index is 2.07. The first-order valence-corrected chi connectivity index (χ1v) is 7.78. The maximum Gasteiger partial charge on any atom is 0.0213 e. The van der Waals surface area contributed by atoms with Crippen LogP contribution in [-0.2, 0) is 6.42 Å². The number of rotatable bonds is 10. The topological polar surface area (TPSA) is 38.0 Å². The first kappa shape index (κ1) is 14.7. The normalized spacial score (nSPS) is 12.8. The summed E-state index contributed by atoms with van der Waals surface area (Å²) in [6.07, 6.45) is 10.2. The van der Waals surface area contributed by atoms with Crippen molar-refractivity contribution < 1.29 is 0 Å². The van der Waals surface area contributed by atoms with Crippen molar-refractivity contribution in [2.75, 3.05) is 0 Å². The predicted molar refractivity (Wildman–Crippen MR) is 77.1 cm³/mol. The van der Waals surface area contributed by atoms with E-state index >= 15 is 0 Å². The van der Waals surface area contributed by atoms with E-state index in [2.05, 4.69) is 29.2 Å². The summed E-state index contributed by atoms with van der Waals surface area (Å²) in [5.41, 5.74) is 4.40. The van der Waals surface area contributed by atoms with Crippen molar-refractivity contribution in [3.63, 3.8) is 0 Å². The van der Waals surface area contributed by atoms with Gasteiger partial charge < -0.3 is 0 Å². The largest absolute Gasteiger partial charge is 0.271 e. The Kier molecular flexibility index (Phi) is 8.32. The first-order chi connectivity index (χ1) is 8.36. The molecule has 0 radical (unpaired) electrons. The van der Waals surface area contributed by atoms with Crippen LogP contribution in [0.3, 0.4) is 0 Å². The SMILES string of the molecule is CCCCCCCC(CCc1ccsc1)NN. The Bertz CT molecular complexity index is 259. The van der Waals surface area contributed by atoms with E-state index < -0.39 is 0 Å². The van der Waals surface area contributed by atoms with Gasteiger partial charge in [0.1, 0.15) is 0 Å². The van der Waals surface area contributed by atoms with Gasteiger partial charge in [0, 0.05) is 6.04 Å². The third-order valence-electron chi connectivity index (χ3n) is 3.25. The molecule has 0 saturated heterocycles. The molecule has 0 bridgehead atoms. The maximum absolute atomic E-state index is 5.61. The molecule has 0 fully saturated rings. The van der Waals surface area contributed by atoms with Crippen molar-refractivity contribution >= 4 is 11.3 Å². The molecule has 17 heavy (non-hydrogen) atoms. The quantitative estimate of drug-likeness (QED) is 0.378. The van der Waals surface area contributed by atoms with Gasteiger partial charge >= 0.3 is 0 Å². The minimum Gasteiger partial charge on any atom is -0.271 e. The zero-order valence-corrected chi connectivity index (χ0v) is 11.8. The highest BCUT2D eigenvalue weighted by atomic mass is 32.1. The number of hydrogen-bond acceptors (Lipinski definition) is 3. The number of aryl methyl sites for hydroxylation is 1. The van der Waals surface area contributed by atoms with E-state index in [1.807, 2.05) is 0 Å². The third kappa shape index (κ3) is 6.81. The van der Waals surface area contributed by atoms with Gasteiger partial charge in [-0.25, -0.2) is 0 Å². The highest BCUT2D eigenvalue weighted by Gasteiger charge is 2.06. The molecule has 98 valence electrons. The third-order valence-corrected chi connectivity index (χ3v) is 3.99. The summed E-state index contributed by atoms with van der Waals surface area (Å²) >= 11 is 1.77. The van der Waals surface area contributed by atoms with Gasteiger partial charge in [-0.2, -0.15) is 11.3 Å². The summed E-state index contributed by atoms with van der Waals surface area (Å²) in [5.74, 6) is 5.61. The van der Waals surface area contributed by atoms with E-state index in [4.69, 9.17) is 5.84 Å². The molecule has 1 aromatic heterocycles. The van der Waals surface area contributed by atoms with Gasteiger partial charge in [-0.15, -0.1) is 0 Å². The maximum atomic E-state index is 5.61. The van der Waals surface area contributed by atoms with E-state index in [1.165, 1.54) is 44.1 Å². The smallest absolute Gasteiger partial charge is 0.0213 e. The summed E-state index contributed by atoms with van der Waals surface area (Å²) in [5, 5.41) is 4.37. The fourth-order valence-electron chi connectivity index (χ4n) is 2.08. The number of hydrogen-bond donors (Lipinski definition) is 2. The molecular formula is C14H26N2S. The molecule has 1 rings (SSSR count). The average molecular weight is 254 g/mol. The van der Waals surface area contributed by atoms with E-state index in [-0.39, 0.29) is 0 Å². The summed E-state index contributed by atoms with van der Waals surface area (Å²) < 4.78 is 0. The van der Waals surface area contributed by atoms with E-state index in [0.29, 0.717) is 6.04 Å². The fourth-order valence-corrected chi connectivity index (χ4v) is 2.78. The van der Waals surface area contributed by atoms with Crippen LogP contribution in [0.5, 0.6) is 0 Å². The van der Waals surface area contributed by atoms with Crippen LogP contribution in [0.4, 0.5) is 0 Å². The minimum atomic E-state index is 0.483. The lowest BCUT2D eigenvalue weighted by Crippen LogP contribution is -2.35. The molecule has 0 aliphatic carbocycles. The lowest BCUT2D eigenvalue weighted by atomic mass is 10.0. The van der Waals surface area contributed by atoms with E-state index in [1.54, 1.807) is 11.3 Å². The van der Waals surface area contributed by atoms with Gasteiger partial charge in [-0.05, 0) is 41.7 Å². The van der Waals surface area contributed by atoms with Crippen LogP contribution in [0.1, 0.15) is 57.4 Å². The summed E-state index contributed by atoms with van der Waals surface area (Å²) in [4.78, 5) is 0. The molecule has 1 aromatic rings.